The van der Waals surface area contributed by atoms with Crippen LogP contribution < -0.4 is 0 Å². The summed E-state index contributed by atoms with van der Waals surface area (Å²) in [4.78, 5) is 25.4. The van der Waals surface area contributed by atoms with Crippen LogP contribution in [0.1, 0.15) is 26.3 Å². The number of phenols is 2. The average Bonchev–Trinajstić information content (AvgIpc) is 2.72. The molecule has 0 saturated carbocycles. The first-order valence-corrected chi connectivity index (χ1v) is 6.63. The van der Waals surface area contributed by atoms with Gasteiger partial charge in [-0.15, -0.1) is 0 Å². The first-order valence-electron chi connectivity index (χ1n) is 6.25. The first-order chi connectivity index (χ1) is 10.4. The van der Waals surface area contributed by atoms with E-state index in [0.29, 0.717) is 5.56 Å². The van der Waals surface area contributed by atoms with Gasteiger partial charge in [-0.3, -0.25) is 14.5 Å². The molecule has 3 rings (SSSR count). The Balaban J connectivity index is 1.97. The number of benzene rings is 2. The average molecular weight is 322 g/mol. The van der Waals surface area contributed by atoms with Gasteiger partial charge in [0.15, 0.2) is 11.5 Å². The van der Waals surface area contributed by atoms with Gasteiger partial charge in [0.25, 0.3) is 11.8 Å². The quantitative estimate of drug-likeness (QED) is 0.658. The van der Waals surface area contributed by atoms with E-state index >= 15 is 0 Å². The number of fused-ring (bicyclic) bond motifs is 1. The highest BCUT2D eigenvalue weighted by Crippen LogP contribution is 2.37. The predicted octanol–water partition coefficient (Wildman–Crippen LogP) is 2.69. The Bertz CT molecular complexity index is 821. The first kappa shape index (κ1) is 14.3. The Labute approximate surface area is 129 Å². The summed E-state index contributed by atoms with van der Waals surface area (Å²) in [5, 5.41) is 19.1. The van der Waals surface area contributed by atoms with Crippen molar-refractivity contribution in [3.05, 3.63) is 57.9 Å². The number of carbonyl (C=O) groups is 2. The molecule has 0 aromatic heterocycles. The highest BCUT2D eigenvalue weighted by Gasteiger charge is 2.38. The second kappa shape index (κ2) is 4.99. The van der Waals surface area contributed by atoms with Crippen molar-refractivity contribution >= 4 is 23.4 Å². The molecule has 7 heteroatoms. The smallest absolute Gasteiger partial charge is 0.265 e. The summed E-state index contributed by atoms with van der Waals surface area (Å²) >= 11 is 5.67. The van der Waals surface area contributed by atoms with E-state index < -0.39 is 29.1 Å². The molecule has 0 bridgehead atoms. The van der Waals surface area contributed by atoms with Gasteiger partial charge in [-0.2, -0.15) is 0 Å². The molecule has 1 aliphatic rings. The maximum Gasteiger partial charge on any atom is 0.265 e. The zero-order valence-corrected chi connectivity index (χ0v) is 11.8. The lowest BCUT2D eigenvalue weighted by atomic mass is 10.1. The largest absolute Gasteiger partial charge is 0.504 e. The molecular weight excluding hydrogens is 313 g/mol. The molecular formula is C15H9ClFNO4. The van der Waals surface area contributed by atoms with Crippen molar-refractivity contribution in [2.75, 3.05) is 0 Å². The summed E-state index contributed by atoms with van der Waals surface area (Å²) in [5.41, 5.74) is 0.233. The number of carbonyl (C=O) groups excluding carboxylic acids is 2. The normalized spacial score (nSPS) is 13.6. The van der Waals surface area contributed by atoms with Crippen LogP contribution in [0, 0.1) is 5.82 Å². The maximum atomic E-state index is 13.1. The van der Waals surface area contributed by atoms with Gasteiger partial charge in [-0.25, -0.2) is 4.39 Å². The maximum absolute atomic E-state index is 13.1. The molecule has 2 amide bonds. The number of nitrogens with zero attached hydrogens (tertiary/aromatic N) is 1. The molecule has 0 fully saturated rings. The Kier molecular flexibility index (Phi) is 3.26. The predicted molar refractivity (Wildman–Crippen MR) is 75.4 cm³/mol. The molecule has 0 atom stereocenters. The summed E-state index contributed by atoms with van der Waals surface area (Å²) in [7, 11) is 0. The highest BCUT2D eigenvalue weighted by atomic mass is 35.5. The number of halogens is 2. The number of phenolic OH excluding ortho intramolecular Hbond substituents is 2. The summed E-state index contributed by atoms with van der Waals surface area (Å²) in [6.45, 7) is -0.119. The summed E-state index contributed by atoms with van der Waals surface area (Å²) < 4.78 is 13.1. The van der Waals surface area contributed by atoms with E-state index in [4.69, 9.17) is 11.6 Å². The van der Waals surface area contributed by atoms with Crippen molar-refractivity contribution < 1.29 is 24.2 Å². The van der Waals surface area contributed by atoms with Crippen molar-refractivity contribution in [2.45, 2.75) is 6.54 Å². The van der Waals surface area contributed by atoms with Crippen molar-refractivity contribution in [3.8, 4) is 11.5 Å². The van der Waals surface area contributed by atoms with Gasteiger partial charge in [0, 0.05) is 0 Å². The lowest BCUT2D eigenvalue weighted by Gasteiger charge is -2.14. The van der Waals surface area contributed by atoms with Crippen molar-refractivity contribution in [1.82, 2.24) is 4.90 Å². The van der Waals surface area contributed by atoms with E-state index in [1.807, 2.05) is 0 Å². The van der Waals surface area contributed by atoms with Gasteiger partial charge in [0.05, 0.1) is 22.7 Å². The second-order valence-corrected chi connectivity index (χ2v) is 5.21. The molecule has 5 nitrogen and oxygen atoms in total. The van der Waals surface area contributed by atoms with Crippen LogP contribution in [0.4, 0.5) is 4.39 Å². The third-order valence-corrected chi connectivity index (χ3v) is 3.71. The van der Waals surface area contributed by atoms with Crippen LogP contribution in [-0.2, 0) is 6.54 Å². The van der Waals surface area contributed by atoms with E-state index in [0.717, 1.165) is 17.0 Å². The fourth-order valence-corrected chi connectivity index (χ4v) is 2.51. The summed E-state index contributed by atoms with van der Waals surface area (Å²) in [6.07, 6.45) is 0. The molecule has 0 spiro atoms. The monoisotopic (exact) mass is 321 g/mol. The van der Waals surface area contributed by atoms with Gasteiger partial charge in [0.2, 0.25) is 0 Å². The minimum Gasteiger partial charge on any atom is -0.504 e. The molecule has 0 aliphatic carbocycles. The molecule has 1 aliphatic heterocycles. The molecule has 22 heavy (non-hydrogen) atoms. The van der Waals surface area contributed by atoms with Crippen molar-refractivity contribution in [3.63, 3.8) is 0 Å². The summed E-state index contributed by atoms with van der Waals surface area (Å²) in [5.74, 6) is -3.04. The standard InChI is InChI=1S/C15H9ClFNO4/c16-9-5-7(1-3-10(9)17)6-18-14(21)8-2-4-11(19)13(20)12(8)15(18)22/h1-5,19-20H,6H2. The van der Waals surface area contributed by atoms with E-state index in [9.17, 15) is 24.2 Å². The number of amides is 2. The fourth-order valence-electron chi connectivity index (χ4n) is 2.31. The van der Waals surface area contributed by atoms with Crippen LogP contribution in [0.3, 0.4) is 0 Å². The Morgan fingerprint density at radius 3 is 2.50 bits per heavy atom. The zero-order chi connectivity index (χ0) is 16.0. The summed E-state index contributed by atoms with van der Waals surface area (Å²) in [6, 6.07) is 6.26. The van der Waals surface area contributed by atoms with E-state index in [2.05, 4.69) is 0 Å². The highest BCUT2D eigenvalue weighted by molar-refractivity contribution is 6.30. The lowest BCUT2D eigenvalue weighted by Crippen LogP contribution is -2.29. The van der Waals surface area contributed by atoms with Crippen LogP contribution in [0.25, 0.3) is 0 Å². The van der Waals surface area contributed by atoms with Crippen LogP contribution >= 0.6 is 11.6 Å². The van der Waals surface area contributed by atoms with Gasteiger partial charge in [-0.1, -0.05) is 17.7 Å². The second-order valence-electron chi connectivity index (χ2n) is 4.80. The van der Waals surface area contributed by atoms with E-state index in [1.54, 1.807) is 0 Å². The molecule has 2 N–H and O–H groups in total. The molecule has 112 valence electrons. The number of imide groups is 1. The van der Waals surface area contributed by atoms with Gasteiger partial charge in [0.1, 0.15) is 5.82 Å². The Morgan fingerprint density at radius 1 is 1.09 bits per heavy atom. The number of rotatable bonds is 2. The molecule has 2 aromatic rings. The zero-order valence-electron chi connectivity index (χ0n) is 11.0. The molecule has 0 saturated heterocycles. The molecule has 0 unspecified atom stereocenters. The third-order valence-electron chi connectivity index (χ3n) is 3.42. The third kappa shape index (κ3) is 2.08. The SMILES string of the molecule is O=C1c2ccc(O)c(O)c2C(=O)N1Cc1ccc(F)c(Cl)c1. The van der Waals surface area contributed by atoms with Gasteiger partial charge < -0.3 is 10.2 Å². The number of hydrogen-bond acceptors (Lipinski definition) is 4. The minimum absolute atomic E-state index is 0.00788. The van der Waals surface area contributed by atoms with Gasteiger partial charge in [-0.05, 0) is 29.8 Å². The molecule has 2 aromatic carbocycles. The van der Waals surface area contributed by atoms with Crippen LogP contribution in [0.5, 0.6) is 11.5 Å². The number of aromatic hydroxyl groups is 2. The number of hydrogen-bond donors (Lipinski definition) is 2. The Morgan fingerprint density at radius 2 is 1.82 bits per heavy atom. The van der Waals surface area contributed by atoms with E-state index in [-0.39, 0.29) is 22.7 Å². The Hall–Kier alpha value is -2.60. The van der Waals surface area contributed by atoms with Crippen molar-refractivity contribution in [2.24, 2.45) is 0 Å². The van der Waals surface area contributed by atoms with Crippen LogP contribution in [-0.4, -0.2) is 26.9 Å². The molecule has 1 heterocycles. The van der Waals surface area contributed by atoms with Crippen LogP contribution in [0.2, 0.25) is 5.02 Å². The molecule has 0 radical (unpaired) electrons. The lowest BCUT2D eigenvalue weighted by molar-refractivity contribution is 0.0641. The fraction of sp³-hybridized carbons (Fsp3) is 0.0667. The topological polar surface area (TPSA) is 77.8 Å². The minimum atomic E-state index is -0.728. The van der Waals surface area contributed by atoms with Crippen LogP contribution in [0.15, 0.2) is 30.3 Å². The van der Waals surface area contributed by atoms with Crippen molar-refractivity contribution in [1.29, 1.82) is 0 Å². The van der Waals surface area contributed by atoms with E-state index in [1.165, 1.54) is 18.2 Å². The van der Waals surface area contributed by atoms with Gasteiger partial charge >= 0.3 is 0 Å².